The zero-order valence-corrected chi connectivity index (χ0v) is 11.5. The lowest BCUT2D eigenvalue weighted by atomic mass is 9.76. The number of carboxylic acids is 1. The topological polar surface area (TPSA) is 76.1 Å². The molecule has 5 rings (SSSR count). The van der Waals surface area contributed by atoms with Crippen LogP contribution in [0.4, 0.5) is 5.69 Å². The molecule has 1 aromatic carbocycles. The average Bonchev–Trinajstić information content (AvgIpc) is 3.16. The Morgan fingerprint density at radius 1 is 1.36 bits per heavy atom. The molecule has 2 saturated heterocycles. The molecule has 0 aromatic heterocycles. The second-order valence-corrected chi connectivity index (χ2v) is 6.14. The Labute approximate surface area is 125 Å². The maximum absolute atomic E-state index is 13.0. The number of nitrogens with zero attached hydrogens (tertiary/aromatic N) is 1. The molecule has 112 valence electrons. The van der Waals surface area contributed by atoms with Crippen molar-refractivity contribution in [2.45, 2.75) is 24.5 Å². The average molecular weight is 299 g/mol. The first-order valence-corrected chi connectivity index (χ1v) is 7.26. The summed E-state index contributed by atoms with van der Waals surface area (Å²) >= 11 is 0. The molecular weight excluding hydrogens is 286 g/mol. The van der Waals surface area contributed by atoms with E-state index in [0.717, 1.165) is 11.3 Å². The fraction of sp³-hybridized carbons (Fsp3) is 0.375. The van der Waals surface area contributed by atoms with Gasteiger partial charge < -0.3 is 14.6 Å². The Hall–Kier alpha value is -2.18. The SMILES string of the molecule is O=C(O)[C@@H]1[C@@H]2C=C[C@]3(O2)[C@@H]2OCc4ccccc4N2C(=O)[C@@H]13. The number of aliphatic carboxylic acids is 1. The molecule has 1 N–H and O–H groups in total. The van der Waals surface area contributed by atoms with Gasteiger partial charge >= 0.3 is 5.97 Å². The third-order valence-corrected chi connectivity index (χ3v) is 5.14. The molecule has 1 aromatic rings. The molecule has 22 heavy (non-hydrogen) atoms. The van der Waals surface area contributed by atoms with Gasteiger partial charge in [-0.1, -0.05) is 24.3 Å². The van der Waals surface area contributed by atoms with E-state index in [0.29, 0.717) is 6.61 Å². The van der Waals surface area contributed by atoms with Crippen molar-refractivity contribution >= 4 is 17.6 Å². The number of hydrogen-bond acceptors (Lipinski definition) is 4. The molecule has 2 fully saturated rings. The second-order valence-electron chi connectivity index (χ2n) is 6.14. The number of anilines is 1. The summed E-state index contributed by atoms with van der Waals surface area (Å²) in [4.78, 5) is 26.1. The molecule has 0 saturated carbocycles. The monoisotopic (exact) mass is 299 g/mol. The molecule has 2 bridgehead atoms. The summed E-state index contributed by atoms with van der Waals surface area (Å²) < 4.78 is 11.8. The van der Waals surface area contributed by atoms with Gasteiger partial charge in [0.05, 0.1) is 24.3 Å². The number of carboxylic acid groups (broad SMARTS) is 1. The van der Waals surface area contributed by atoms with E-state index in [1.54, 1.807) is 11.0 Å². The minimum Gasteiger partial charge on any atom is -0.481 e. The quantitative estimate of drug-likeness (QED) is 0.780. The molecule has 4 aliphatic heterocycles. The van der Waals surface area contributed by atoms with Crippen molar-refractivity contribution in [3.05, 3.63) is 42.0 Å². The van der Waals surface area contributed by atoms with E-state index in [1.165, 1.54) is 0 Å². The minimum atomic E-state index is -0.997. The largest absolute Gasteiger partial charge is 0.481 e. The first-order valence-electron chi connectivity index (χ1n) is 7.26. The molecule has 5 atom stereocenters. The zero-order valence-electron chi connectivity index (χ0n) is 11.5. The molecular formula is C16H13NO5. The highest BCUT2D eigenvalue weighted by Gasteiger charge is 2.72. The number of rotatable bonds is 1. The summed E-state index contributed by atoms with van der Waals surface area (Å²) in [6.07, 6.45) is 2.42. The van der Waals surface area contributed by atoms with E-state index in [4.69, 9.17) is 9.47 Å². The van der Waals surface area contributed by atoms with Crippen LogP contribution in [0.15, 0.2) is 36.4 Å². The van der Waals surface area contributed by atoms with Crippen molar-refractivity contribution in [1.29, 1.82) is 0 Å². The molecule has 6 heteroatoms. The number of para-hydroxylation sites is 1. The Morgan fingerprint density at radius 2 is 2.18 bits per heavy atom. The fourth-order valence-corrected chi connectivity index (χ4v) is 4.28. The highest BCUT2D eigenvalue weighted by molar-refractivity contribution is 6.03. The van der Waals surface area contributed by atoms with Crippen LogP contribution in [0, 0.1) is 11.8 Å². The standard InChI is InChI=1S/C16H13NO5/c18-13-12-11(14(19)20)10-5-6-16(12,22-10)15-17(13)9-4-2-1-3-8(9)7-21-15/h1-6,10-12,15H,7H2,(H,19,20)/t10-,11+,12+,15-,16+/m0/s1. The normalized spacial score (nSPS) is 40.5. The van der Waals surface area contributed by atoms with Crippen molar-refractivity contribution < 1.29 is 24.2 Å². The highest BCUT2D eigenvalue weighted by Crippen LogP contribution is 2.57. The number of amides is 1. The summed E-state index contributed by atoms with van der Waals surface area (Å²) in [5.41, 5.74) is 0.740. The van der Waals surface area contributed by atoms with Crippen LogP contribution in [0.25, 0.3) is 0 Å². The van der Waals surface area contributed by atoms with Gasteiger partial charge in [-0.25, -0.2) is 0 Å². The molecule has 4 aliphatic rings. The first-order chi connectivity index (χ1) is 10.6. The van der Waals surface area contributed by atoms with Gasteiger partial charge in [0.15, 0.2) is 6.23 Å². The van der Waals surface area contributed by atoms with Crippen LogP contribution in [0.2, 0.25) is 0 Å². The Bertz CT molecular complexity index is 744. The Kier molecular flexibility index (Phi) is 2.12. The number of hydrogen-bond donors (Lipinski definition) is 1. The molecule has 6 nitrogen and oxygen atoms in total. The van der Waals surface area contributed by atoms with Crippen LogP contribution in [0.3, 0.4) is 0 Å². The highest BCUT2D eigenvalue weighted by atomic mass is 16.6. The van der Waals surface area contributed by atoms with Gasteiger partial charge in [-0.3, -0.25) is 14.5 Å². The van der Waals surface area contributed by atoms with Crippen molar-refractivity contribution in [2.24, 2.45) is 11.8 Å². The maximum Gasteiger partial charge on any atom is 0.310 e. The van der Waals surface area contributed by atoms with Crippen molar-refractivity contribution in [3.8, 4) is 0 Å². The number of carbonyl (C=O) groups is 2. The fourth-order valence-electron chi connectivity index (χ4n) is 4.28. The third kappa shape index (κ3) is 1.20. The van der Waals surface area contributed by atoms with E-state index < -0.39 is 35.7 Å². The van der Waals surface area contributed by atoms with Crippen LogP contribution < -0.4 is 4.90 Å². The van der Waals surface area contributed by atoms with Crippen LogP contribution in [0.1, 0.15) is 5.56 Å². The molecule has 0 aliphatic carbocycles. The number of fused-ring (bicyclic) bond motifs is 4. The van der Waals surface area contributed by atoms with Gasteiger partial charge in [-0.2, -0.15) is 0 Å². The summed E-state index contributed by atoms with van der Waals surface area (Å²) in [6.45, 7) is 0.388. The van der Waals surface area contributed by atoms with Crippen molar-refractivity contribution in [3.63, 3.8) is 0 Å². The van der Waals surface area contributed by atoms with E-state index in [2.05, 4.69) is 0 Å². The first kappa shape index (κ1) is 12.4. The van der Waals surface area contributed by atoms with E-state index >= 15 is 0 Å². The lowest BCUT2D eigenvalue weighted by Crippen LogP contribution is -2.49. The number of ether oxygens (including phenoxy) is 2. The summed E-state index contributed by atoms with van der Waals surface area (Å²) in [5, 5.41) is 9.50. The van der Waals surface area contributed by atoms with Gasteiger partial charge in [-0.05, 0) is 12.1 Å². The Balaban J connectivity index is 1.69. The molecule has 1 amide bonds. The van der Waals surface area contributed by atoms with Gasteiger partial charge in [0, 0.05) is 5.56 Å². The lowest BCUT2D eigenvalue weighted by molar-refractivity contribution is -0.146. The van der Waals surface area contributed by atoms with Crippen LogP contribution >= 0.6 is 0 Å². The molecule has 4 heterocycles. The lowest BCUT2D eigenvalue weighted by Gasteiger charge is -2.37. The molecule has 0 radical (unpaired) electrons. The predicted molar refractivity (Wildman–Crippen MR) is 73.9 cm³/mol. The van der Waals surface area contributed by atoms with Crippen molar-refractivity contribution in [2.75, 3.05) is 4.90 Å². The van der Waals surface area contributed by atoms with Gasteiger partial charge in [-0.15, -0.1) is 0 Å². The van der Waals surface area contributed by atoms with Gasteiger partial charge in [0.25, 0.3) is 0 Å². The molecule has 1 spiro atoms. The number of benzene rings is 1. The van der Waals surface area contributed by atoms with E-state index in [-0.39, 0.29) is 5.91 Å². The van der Waals surface area contributed by atoms with Crippen LogP contribution in [0.5, 0.6) is 0 Å². The summed E-state index contributed by atoms with van der Waals surface area (Å²) in [6, 6.07) is 7.53. The third-order valence-electron chi connectivity index (χ3n) is 5.14. The maximum atomic E-state index is 13.0. The predicted octanol–water partition coefficient (Wildman–Crippen LogP) is 0.914. The van der Waals surface area contributed by atoms with Crippen LogP contribution in [-0.4, -0.2) is 34.9 Å². The van der Waals surface area contributed by atoms with Crippen molar-refractivity contribution in [1.82, 2.24) is 0 Å². The Morgan fingerprint density at radius 3 is 3.00 bits per heavy atom. The minimum absolute atomic E-state index is 0.226. The zero-order chi connectivity index (χ0) is 15.1. The smallest absolute Gasteiger partial charge is 0.310 e. The van der Waals surface area contributed by atoms with Crippen LogP contribution in [-0.2, 0) is 25.7 Å². The number of carbonyl (C=O) groups excluding carboxylic acids is 1. The summed E-state index contributed by atoms with van der Waals surface area (Å²) in [5.74, 6) is -2.80. The van der Waals surface area contributed by atoms with Gasteiger partial charge in [0.1, 0.15) is 11.5 Å². The van der Waals surface area contributed by atoms with E-state index in [1.807, 2.05) is 30.3 Å². The molecule has 0 unspecified atom stereocenters. The van der Waals surface area contributed by atoms with Gasteiger partial charge in [0.2, 0.25) is 5.91 Å². The van der Waals surface area contributed by atoms with E-state index in [9.17, 15) is 14.7 Å². The second kappa shape index (κ2) is 3.77. The summed E-state index contributed by atoms with van der Waals surface area (Å²) in [7, 11) is 0.